The van der Waals surface area contributed by atoms with E-state index in [4.69, 9.17) is 4.52 Å². The lowest BCUT2D eigenvalue weighted by Gasteiger charge is -2.17. The number of fused-ring (bicyclic) bond motifs is 3. The van der Waals surface area contributed by atoms with Crippen molar-refractivity contribution in [3.63, 3.8) is 0 Å². The van der Waals surface area contributed by atoms with Gasteiger partial charge in [-0.15, -0.1) is 0 Å². The largest absolute Gasteiger partial charge is 0.527 e. The zero-order valence-electron chi connectivity index (χ0n) is 14.5. The molecular formula is C21H17O5P. The topological polar surface area (TPSA) is 76.0 Å². The monoisotopic (exact) mass is 380 g/mol. The van der Waals surface area contributed by atoms with Crippen molar-refractivity contribution in [3.8, 4) is 22.6 Å². The predicted octanol–water partition coefficient (Wildman–Crippen LogP) is 5.49. The van der Waals surface area contributed by atoms with Gasteiger partial charge in [0.05, 0.1) is 0 Å². The Morgan fingerprint density at radius 3 is 2.33 bits per heavy atom. The maximum absolute atomic E-state index is 11.9. The number of phosphoric ester groups is 1. The van der Waals surface area contributed by atoms with Crippen molar-refractivity contribution in [2.24, 2.45) is 0 Å². The van der Waals surface area contributed by atoms with Crippen LogP contribution in [0.25, 0.3) is 32.7 Å². The number of rotatable bonds is 4. The van der Waals surface area contributed by atoms with Crippen molar-refractivity contribution < 1.29 is 23.6 Å². The molecule has 4 aromatic rings. The first-order valence-electron chi connectivity index (χ1n) is 8.31. The molecular weight excluding hydrogens is 363 g/mol. The van der Waals surface area contributed by atoms with E-state index < -0.39 is 7.82 Å². The number of benzene rings is 4. The van der Waals surface area contributed by atoms with Crippen LogP contribution in [0.3, 0.4) is 0 Å². The summed E-state index contributed by atoms with van der Waals surface area (Å²) in [6.07, 6.45) is 0. The second kappa shape index (κ2) is 6.71. The van der Waals surface area contributed by atoms with Gasteiger partial charge in [-0.05, 0) is 33.7 Å². The molecule has 0 saturated carbocycles. The van der Waals surface area contributed by atoms with Crippen LogP contribution in [0, 0.1) is 0 Å². The number of para-hydroxylation sites is 1. The summed E-state index contributed by atoms with van der Waals surface area (Å²) in [5.74, 6) is 0.208. The second-order valence-electron chi connectivity index (χ2n) is 6.08. The Balaban J connectivity index is 2.02. The molecule has 27 heavy (non-hydrogen) atoms. The SMILES string of the molecule is COP(=O)(O)Oc1ccccc1-c1c(O)ccc2c1ccc1ccccc12. The van der Waals surface area contributed by atoms with Crippen molar-refractivity contribution in [2.45, 2.75) is 0 Å². The fourth-order valence-electron chi connectivity index (χ4n) is 3.27. The molecule has 0 saturated heterocycles. The molecule has 1 atom stereocenters. The molecule has 4 rings (SSSR count). The normalized spacial score (nSPS) is 13.6. The van der Waals surface area contributed by atoms with E-state index in [0.29, 0.717) is 11.1 Å². The Hall–Kier alpha value is -2.85. The van der Waals surface area contributed by atoms with Crippen LogP contribution in [0.4, 0.5) is 0 Å². The smallest absolute Gasteiger partial charge is 0.507 e. The maximum atomic E-state index is 11.9. The van der Waals surface area contributed by atoms with Gasteiger partial charge < -0.3 is 9.63 Å². The zero-order valence-corrected chi connectivity index (χ0v) is 15.4. The molecule has 0 bridgehead atoms. The highest BCUT2D eigenvalue weighted by atomic mass is 31.2. The predicted molar refractivity (Wildman–Crippen MR) is 106 cm³/mol. The second-order valence-corrected chi connectivity index (χ2v) is 7.56. The van der Waals surface area contributed by atoms with Crippen molar-refractivity contribution in [1.29, 1.82) is 0 Å². The summed E-state index contributed by atoms with van der Waals surface area (Å²) in [7, 11) is -3.14. The molecule has 0 aromatic heterocycles. The maximum Gasteiger partial charge on any atom is 0.527 e. The average Bonchev–Trinajstić information content (AvgIpc) is 2.68. The molecule has 6 heteroatoms. The standard InChI is InChI=1S/C21H17O5P/c1-25-27(23,24)26-20-9-5-4-8-18(20)21-17-11-10-14-6-2-3-7-15(14)16(17)12-13-19(21)22/h2-13,22H,1H3,(H,23,24). The Kier molecular flexibility index (Phi) is 4.36. The minimum atomic E-state index is -4.24. The van der Waals surface area contributed by atoms with E-state index in [1.807, 2.05) is 42.5 Å². The van der Waals surface area contributed by atoms with Crippen LogP contribution in [0.2, 0.25) is 0 Å². The Bertz CT molecular complexity index is 1200. The van der Waals surface area contributed by atoms with E-state index in [0.717, 1.165) is 28.7 Å². The van der Waals surface area contributed by atoms with Crippen molar-refractivity contribution in [3.05, 3.63) is 72.8 Å². The lowest BCUT2D eigenvalue weighted by Crippen LogP contribution is -1.96. The summed E-state index contributed by atoms with van der Waals surface area (Å²) in [5.41, 5.74) is 1.03. The lowest BCUT2D eigenvalue weighted by atomic mass is 9.93. The van der Waals surface area contributed by atoms with Gasteiger partial charge in [-0.2, -0.15) is 0 Å². The van der Waals surface area contributed by atoms with Gasteiger partial charge in [0.15, 0.2) is 0 Å². The molecule has 0 fully saturated rings. The van der Waals surface area contributed by atoms with E-state index in [9.17, 15) is 14.6 Å². The van der Waals surface area contributed by atoms with Gasteiger partial charge in [-0.1, -0.05) is 60.7 Å². The highest BCUT2D eigenvalue weighted by Gasteiger charge is 2.24. The van der Waals surface area contributed by atoms with Crippen LogP contribution in [0.5, 0.6) is 11.5 Å². The third-order valence-corrected chi connectivity index (χ3v) is 5.39. The highest BCUT2D eigenvalue weighted by Crippen LogP contribution is 2.48. The van der Waals surface area contributed by atoms with Gasteiger partial charge in [0.25, 0.3) is 0 Å². The number of aromatic hydroxyl groups is 1. The molecule has 0 heterocycles. The van der Waals surface area contributed by atoms with E-state index in [1.165, 1.54) is 0 Å². The first kappa shape index (κ1) is 17.6. The van der Waals surface area contributed by atoms with Gasteiger partial charge in [-0.25, -0.2) is 4.57 Å². The Morgan fingerprint density at radius 2 is 1.52 bits per heavy atom. The molecule has 0 radical (unpaired) electrons. The van der Waals surface area contributed by atoms with E-state index in [2.05, 4.69) is 4.52 Å². The minimum Gasteiger partial charge on any atom is -0.507 e. The molecule has 1 unspecified atom stereocenters. The van der Waals surface area contributed by atoms with Crippen molar-refractivity contribution in [2.75, 3.05) is 7.11 Å². The molecule has 4 aromatic carbocycles. The number of phenolic OH excluding ortho intramolecular Hbond substituents is 1. The zero-order chi connectivity index (χ0) is 19.0. The van der Waals surface area contributed by atoms with Crippen LogP contribution < -0.4 is 4.52 Å². The summed E-state index contributed by atoms with van der Waals surface area (Å²) in [6.45, 7) is 0. The molecule has 5 nitrogen and oxygen atoms in total. The molecule has 0 spiro atoms. The summed E-state index contributed by atoms with van der Waals surface area (Å²) in [5, 5.41) is 14.5. The van der Waals surface area contributed by atoms with Gasteiger partial charge in [-0.3, -0.25) is 9.42 Å². The lowest BCUT2D eigenvalue weighted by molar-refractivity contribution is 0.243. The van der Waals surface area contributed by atoms with E-state index >= 15 is 0 Å². The molecule has 0 aliphatic rings. The quantitative estimate of drug-likeness (QED) is 0.362. The number of hydrogen-bond acceptors (Lipinski definition) is 4. The van der Waals surface area contributed by atoms with Crippen molar-refractivity contribution >= 4 is 29.4 Å². The first-order chi connectivity index (χ1) is 13.0. The number of phosphoric acid groups is 1. The summed E-state index contributed by atoms with van der Waals surface area (Å²) >= 11 is 0. The first-order valence-corrected chi connectivity index (χ1v) is 9.81. The summed E-state index contributed by atoms with van der Waals surface area (Å²) in [4.78, 5) is 9.72. The summed E-state index contributed by atoms with van der Waals surface area (Å²) in [6, 6.07) is 22.1. The summed E-state index contributed by atoms with van der Waals surface area (Å²) < 4.78 is 21.6. The Labute approximate surface area is 156 Å². The number of phenols is 1. The van der Waals surface area contributed by atoms with Gasteiger partial charge in [0, 0.05) is 18.2 Å². The van der Waals surface area contributed by atoms with Gasteiger partial charge in [0.2, 0.25) is 0 Å². The van der Waals surface area contributed by atoms with Gasteiger partial charge in [0.1, 0.15) is 11.5 Å². The van der Waals surface area contributed by atoms with Crippen LogP contribution in [-0.2, 0) is 9.09 Å². The number of hydrogen-bond donors (Lipinski definition) is 2. The fourth-order valence-corrected chi connectivity index (χ4v) is 3.76. The minimum absolute atomic E-state index is 0.0546. The van der Waals surface area contributed by atoms with E-state index in [-0.39, 0.29) is 11.5 Å². The average molecular weight is 380 g/mol. The fraction of sp³-hybridized carbons (Fsp3) is 0.0476. The third-order valence-electron chi connectivity index (χ3n) is 4.50. The van der Waals surface area contributed by atoms with E-state index in [1.54, 1.807) is 30.3 Å². The van der Waals surface area contributed by atoms with Crippen LogP contribution in [0.15, 0.2) is 72.8 Å². The van der Waals surface area contributed by atoms with Crippen LogP contribution in [0.1, 0.15) is 0 Å². The third kappa shape index (κ3) is 3.17. The molecule has 0 amide bonds. The Morgan fingerprint density at radius 1 is 0.815 bits per heavy atom. The molecule has 0 aliphatic heterocycles. The molecule has 136 valence electrons. The van der Waals surface area contributed by atoms with Crippen LogP contribution in [-0.4, -0.2) is 17.1 Å². The molecule has 2 N–H and O–H groups in total. The molecule has 0 aliphatic carbocycles. The van der Waals surface area contributed by atoms with Gasteiger partial charge >= 0.3 is 7.82 Å². The van der Waals surface area contributed by atoms with Crippen molar-refractivity contribution in [1.82, 2.24) is 0 Å². The highest BCUT2D eigenvalue weighted by molar-refractivity contribution is 7.47. The van der Waals surface area contributed by atoms with Crippen LogP contribution >= 0.6 is 7.82 Å².